The lowest BCUT2D eigenvalue weighted by Gasteiger charge is -2.14. The molecule has 7 heteroatoms. The van der Waals surface area contributed by atoms with Gasteiger partial charge >= 0.3 is 5.63 Å². The van der Waals surface area contributed by atoms with Crippen LogP contribution in [0.4, 0.5) is 11.4 Å². The van der Waals surface area contributed by atoms with Gasteiger partial charge in [0.05, 0.1) is 19.9 Å². The maximum absolute atomic E-state index is 11.6. The van der Waals surface area contributed by atoms with Gasteiger partial charge in [-0.05, 0) is 49.0 Å². The molecule has 2 N–H and O–H groups in total. The highest BCUT2D eigenvalue weighted by atomic mass is 32.1. The second-order valence-corrected chi connectivity index (χ2v) is 6.01. The minimum absolute atomic E-state index is 0.367. The molecule has 26 heavy (non-hydrogen) atoms. The lowest BCUT2D eigenvalue weighted by atomic mass is 10.1. The van der Waals surface area contributed by atoms with Crippen LogP contribution >= 0.6 is 12.2 Å². The van der Waals surface area contributed by atoms with Crippen molar-refractivity contribution in [1.29, 1.82) is 0 Å². The minimum Gasteiger partial charge on any atom is -0.497 e. The van der Waals surface area contributed by atoms with E-state index >= 15 is 0 Å². The zero-order valence-electron chi connectivity index (χ0n) is 14.6. The van der Waals surface area contributed by atoms with Gasteiger partial charge in [-0.25, -0.2) is 4.79 Å². The summed E-state index contributed by atoms with van der Waals surface area (Å²) < 4.78 is 15.8. The Balaban J connectivity index is 1.82. The number of anilines is 2. The molecule has 0 saturated carbocycles. The fraction of sp³-hybridized carbons (Fsp3) is 0.158. The van der Waals surface area contributed by atoms with E-state index in [1.165, 1.54) is 6.07 Å². The lowest BCUT2D eigenvalue weighted by molar-refractivity contribution is 0.405. The van der Waals surface area contributed by atoms with Gasteiger partial charge in [-0.15, -0.1) is 0 Å². The Morgan fingerprint density at radius 1 is 1.04 bits per heavy atom. The minimum atomic E-state index is -0.381. The number of hydrogen-bond donors (Lipinski definition) is 2. The summed E-state index contributed by atoms with van der Waals surface area (Å²) in [7, 11) is 3.17. The number of fused-ring (bicyclic) bond motifs is 1. The molecule has 0 bridgehead atoms. The maximum atomic E-state index is 11.6. The smallest absolute Gasteiger partial charge is 0.336 e. The predicted octanol–water partition coefficient (Wildman–Crippen LogP) is 3.93. The molecule has 6 nitrogen and oxygen atoms in total. The molecule has 3 rings (SSSR count). The summed E-state index contributed by atoms with van der Waals surface area (Å²) in [6.45, 7) is 1.87. The van der Waals surface area contributed by atoms with E-state index in [0.29, 0.717) is 33.6 Å². The Morgan fingerprint density at radius 2 is 1.85 bits per heavy atom. The Hall–Kier alpha value is -3.06. The highest BCUT2D eigenvalue weighted by Crippen LogP contribution is 2.29. The van der Waals surface area contributed by atoms with E-state index in [-0.39, 0.29) is 5.63 Å². The number of hydrogen-bond acceptors (Lipinski definition) is 5. The van der Waals surface area contributed by atoms with E-state index in [0.717, 1.165) is 10.9 Å². The molecule has 0 fully saturated rings. The molecule has 0 amide bonds. The van der Waals surface area contributed by atoms with Crippen molar-refractivity contribution in [2.24, 2.45) is 0 Å². The third-order valence-corrected chi connectivity index (χ3v) is 4.07. The van der Waals surface area contributed by atoms with Crippen molar-refractivity contribution in [3.05, 3.63) is 58.4 Å². The molecule has 0 spiro atoms. The van der Waals surface area contributed by atoms with Crippen molar-refractivity contribution in [3.8, 4) is 11.5 Å². The second kappa shape index (κ2) is 7.45. The molecular weight excluding hydrogens is 352 g/mol. The molecule has 1 aromatic heterocycles. The predicted molar refractivity (Wildman–Crippen MR) is 107 cm³/mol. The molecule has 0 radical (unpaired) electrons. The molecule has 0 aliphatic rings. The van der Waals surface area contributed by atoms with E-state index in [9.17, 15) is 4.79 Å². The number of nitrogens with one attached hydrogen (secondary N) is 2. The molecule has 3 aromatic rings. The van der Waals surface area contributed by atoms with Gasteiger partial charge in [0, 0.05) is 29.3 Å². The number of thiocarbonyl (C=S) groups is 1. The summed E-state index contributed by atoms with van der Waals surface area (Å²) in [4.78, 5) is 11.6. The van der Waals surface area contributed by atoms with Crippen molar-refractivity contribution >= 4 is 39.7 Å². The van der Waals surface area contributed by atoms with E-state index in [1.54, 1.807) is 38.5 Å². The first-order chi connectivity index (χ1) is 12.5. The van der Waals surface area contributed by atoms with E-state index < -0.39 is 0 Å². The zero-order chi connectivity index (χ0) is 18.7. The number of rotatable bonds is 4. The summed E-state index contributed by atoms with van der Waals surface area (Å²) in [5, 5.41) is 7.40. The van der Waals surface area contributed by atoms with Crippen LogP contribution in [0.15, 0.2) is 51.7 Å². The molecule has 0 saturated heterocycles. The van der Waals surface area contributed by atoms with Crippen LogP contribution in [0.25, 0.3) is 11.0 Å². The highest BCUT2D eigenvalue weighted by Gasteiger charge is 2.08. The largest absolute Gasteiger partial charge is 0.497 e. The number of benzene rings is 2. The van der Waals surface area contributed by atoms with Crippen molar-refractivity contribution in [2.75, 3.05) is 24.9 Å². The van der Waals surface area contributed by atoms with Crippen LogP contribution in [-0.4, -0.2) is 19.3 Å². The molecule has 1 heterocycles. The molecule has 2 aromatic carbocycles. The average Bonchev–Trinajstić information content (AvgIpc) is 2.61. The second-order valence-electron chi connectivity index (χ2n) is 5.60. The van der Waals surface area contributed by atoms with Crippen LogP contribution in [-0.2, 0) is 0 Å². The molecule has 0 aliphatic heterocycles. The Bertz CT molecular complexity index is 1030. The fourth-order valence-electron chi connectivity index (χ4n) is 2.60. The molecule has 0 aliphatic carbocycles. The van der Waals surface area contributed by atoms with Crippen molar-refractivity contribution in [3.63, 3.8) is 0 Å². The van der Waals surface area contributed by atoms with E-state index in [1.807, 2.05) is 19.1 Å². The van der Waals surface area contributed by atoms with Crippen molar-refractivity contribution in [2.45, 2.75) is 6.92 Å². The Kier molecular flexibility index (Phi) is 5.09. The quantitative estimate of drug-likeness (QED) is 0.532. The first-order valence-corrected chi connectivity index (χ1v) is 8.25. The highest BCUT2D eigenvalue weighted by molar-refractivity contribution is 7.80. The lowest BCUT2D eigenvalue weighted by Crippen LogP contribution is -2.19. The Morgan fingerprint density at radius 3 is 2.58 bits per heavy atom. The molecule has 134 valence electrons. The van der Waals surface area contributed by atoms with Crippen molar-refractivity contribution in [1.82, 2.24) is 0 Å². The molecule has 0 unspecified atom stereocenters. The zero-order valence-corrected chi connectivity index (χ0v) is 15.4. The molecular formula is C19H18N2O4S. The van der Waals surface area contributed by atoms with Gasteiger partial charge < -0.3 is 24.5 Å². The number of aryl methyl sites for hydroxylation is 1. The van der Waals surface area contributed by atoms with Gasteiger partial charge in [-0.3, -0.25) is 0 Å². The van der Waals surface area contributed by atoms with Crippen LogP contribution in [0.5, 0.6) is 11.5 Å². The molecule has 0 atom stereocenters. The average molecular weight is 370 g/mol. The van der Waals surface area contributed by atoms with Gasteiger partial charge in [0.25, 0.3) is 0 Å². The fourth-order valence-corrected chi connectivity index (χ4v) is 2.83. The van der Waals surface area contributed by atoms with Gasteiger partial charge in [0.1, 0.15) is 17.1 Å². The maximum Gasteiger partial charge on any atom is 0.336 e. The summed E-state index contributed by atoms with van der Waals surface area (Å²) in [5.74, 6) is 1.31. The summed E-state index contributed by atoms with van der Waals surface area (Å²) in [6.07, 6.45) is 0. The Labute approximate surface area is 155 Å². The van der Waals surface area contributed by atoms with Gasteiger partial charge in [0.15, 0.2) is 5.11 Å². The van der Waals surface area contributed by atoms with Gasteiger partial charge in [-0.1, -0.05) is 0 Å². The van der Waals surface area contributed by atoms with Gasteiger partial charge in [0.2, 0.25) is 0 Å². The van der Waals surface area contributed by atoms with Crippen LogP contribution in [0, 0.1) is 6.92 Å². The van der Waals surface area contributed by atoms with Crippen LogP contribution < -0.4 is 25.7 Å². The third-order valence-electron chi connectivity index (χ3n) is 3.86. The van der Waals surface area contributed by atoms with Crippen molar-refractivity contribution < 1.29 is 13.9 Å². The summed E-state index contributed by atoms with van der Waals surface area (Å²) in [5.41, 5.74) is 2.36. The monoisotopic (exact) mass is 370 g/mol. The third kappa shape index (κ3) is 3.78. The summed E-state index contributed by atoms with van der Waals surface area (Å²) in [6, 6.07) is 12.3. The SMILES string of the molecule is COc1ccc(OC)c(NC(=S)Nc2ccc3c(C)cc(=O)oc3c2)c1. The number of ether oxygens (including phenoxy) is 2. The number of methoxy groups -OCH3 is 2. The van der Waals surface area contributed by atoms with Crippen LogP contribution in [0.3, 0.4) is 0 Å². The first-order valence-electron chi connectivity index (χ1n) is 7.84. The normalized spacial score (nSPS) is 10.4. The standard InChI is InChI=1S/C19H18N2O4S/c1-11-8-18(22)25-17-9-12(4-6-14(11)17)20-19(26)21-15-10-13(23-2)5-7-16(15)24-3/h4-10H,1-3H3,(H2,20,21,26). The van der Waals surface area contributed by atoms with Gasteiger partial charge in [-0.2, -0.15) is 0 Å². The van der Waals surface area contributed by atoms with Crippen LogP contribution in [0.1, 0.15) is 5.56 Å². The first kappa shape index (κ1) is 17.8. The van der Waals surface area contributed by atoms with Crippen LogP contribution in [0.2, 0.25) is 0 Å². The summed E-state index contributed by atoms with van der Waals surface area (Å²) >= 11 is 5.37. The van der Waals surface area contributed by atoms with E-state index in [4.69, 9.17) is 26.1 Å². The van der Waals surface area contributed by atoms with E-state index in [2.05, 4.69) is 10.6 Å². The topological polar surface area (TPSA) is 72.7 Å².